The third kappa shape index (κ3) is 4.31. The number of likely N-dealkylation sites (tertiary alicyclic amines) is 1. The lowest BCUT2D eigenvalue weighted by Gasteiger charge is -2.16. The first-order valence-electron chi connectivity index (χ1n) is 7.25. The molecule has 0 aromatic carbocycles. The maximum atomic E-state index is 2.64. The number of hydrogen-bond acceptors (Lipinski definition) is 1. The molecular formula is C16H29N. The summed E-state index contributed by atoms with van der Waals surface area (Å²) in [5, 5.41) is 0. The molecular weight excluding hydrogens is 206 g/mol. The van der Waals surface area contributed by atoms with Gasteiger partial charge in [-0.3, -0.25) is 4.90 Å². The van der Waals surface area contributed by atoms with Gasteiger partial charge in [-0.15, -0.1) is 0 Å². The summed E-state index contributed by atoms with van der Waals surface area (Å²) in [7, 11) is 0. The Morgan fingerprint density at radius 1 is 1.18 bits per heavy atom. The summed E-state index contributed by atoms with van der Waals surface area (Å²) in [6.07, 6.45) is 10.7. The Kier molecular flexibility index (Phi) is 6.57. The Hall–Kier alpha value is -0.560. The number of rotatable bonds is 6. The second kappa shape index (κ2) is 7.71. The lowest BCUT2D eigenvalue weighted by Crippen LogP contribution is -2.23. The fourth-order valence-corrected chi connectivity index (χ4v) is 3.04. The van der Waals surface area contributed by atoms with Crippen molar-refractivity contribution in [1.29, 1.82) is 0 Å². The fraction of sp³-hybridized carbons (Fsp3) is 0.750. The molecule has 1 rings (SSSR count). The normalized spacial score (nSPS) is 27.2. The van der Waals surface area contributed by atoms with Gasteiger partial charge in [-0.1, -0.05) is 44.9 Å². The van der Waals surface area contributed by atoms with Crippen molar-refractivity contribution in [2.24, 2.45) is 11.8 Å². The molecule has 0 bridgehead atoms. The van der Waals surface area contributed by atoms with Crippen molar-refractivity contribution in [3.05, 3.63) is 23.8 Å². The van der Waals surface area contributed by atoms with E-state index in [0.29, 0.717) is 0 Å². The molecule has 1 fully saturated rings. The minimum Gasteiger partial charge on any atom is -0.299 e. The zero-order chi connectivity index (χ0) is 12.7. The molecule has 2 atom stereocenters. The zero-order valence-electron chi connectivity index (χ0n) is 12.1. The molecule has 1 saturated heterocycles. The molecule has 0 amide bonds. The summed E-state index contributed by atoms with van der Waals surface area (Å²) in [5.74, 6) is 1.87. The van der Waals surface area contributed by atoms with Crippen LogP contribution in [0.3, 0.4) is 0 Å². The standard InChI is InChI=1S/C16H29N/c1-5-9-14(7-3)11-17-12-15(8-4)16(13-17)10-6-2/h5,7,9,15-16H,6,8,10-13H2,1-4H3/b9-5-,14-7+. The van der Waals surface area contributed by atoms with Crippen LogP contribution in [0.5, 0.6) is 0 Å². The minimum absolute atomic E-state index is 0.929. The van der Waals surface area contributed by atoms with Gasteiger partial charge in [0.1, 0.15) is 0 Å². The van der Waals surface area contributed by atoms with Gasteiger partial charge in [-0.25, -0.2) is 0 Å². The third-order valence-corrected chi connectivity index (χ3v) is 3.99. The summed E-state index contributed by atoms with van der Waals surface area (Å²) in [5.41, 5.74) is 1.46. The Morgan fingerprint density at radius 2 is 1.88 bits per heavy atom. The molecule has 1 nitrogen and oxygen atoms in total. The van der Waals surface area contributed by atoms with Crippen LogP contribution in [0, 0.1) is 11.8 Å². The van der Waals surface area contributed by atoms with Gasteiger partial charge >= 0.3 is 0 Å². The molecule has 98 valence electrons. The summed E-state index contributed by atoms with van der Waals surface area (Å²) in [6.45, 7) is 12.6. The fourth-order valence-electron chi connectivity index (χ4n) is 3.04. The van der Waals surface area contributed by atoms with E-state index in [2.05, 4.69) is 50.8 Å². The monoisotopic (exact) mass is 235 g/mol. The van der Waals surface area contributed by atoms with Crippen molar-refractivity contribution in [2.45, 2.75) is 47.0 Å². The van der Waals surface area contributed by atoms with Crippen LogP contribution in [0.15, 0.2) is 23.8 Å². The highest BCUT2D eigenvalue weighted by Crippen LogP contribution is 2.30. The summed E-state index contributed by atoms with van der Waals surface area (Å²) in [6, 6.07) is 0. The van der Waals surface area contributed by atoms with Crippen LogP contribution in [0.2, 0.25) is 0 Å². The van der Waals surface area contributed by atoms with E-state index >= 15 is 0 Å². The van der Waals surface area contributed by atoms with Gasteiger partial charge in [0.25, 0.3) is 0 Å². The summed E-state index contributed by atoms with van der Waals surface area (Å²) >= 11 is 0. The Bertz CT molecular complexity index is 265. The molecule has 1 aliphatic rings. The largest absolute Gasteiger partial charge is 0.299 e. The third-order valence-electron chi connectivity index (χ3n) is 3.99. The van der Waals surface area contributed by atoms with Gasteiger partial charge in [-0.05, 0) is 37.7 Å². The molecule has 0 aromatic rings. The summed E-state index contributed by atoms with van der Waals surface area (Å²) < 4.78 is 0. The van der Waals surface area contributed by atoms with Crippen LogP contribution >= 0.6 is 0 Å². The second-order valence-corrected chi connectivity index (χ2v) is 5.27. The maximum absolute atomic E-state index is 2.64. The van der Waals surface area contributed by atoms with E-state index in [-0.39, 0.29) is 0 Å². The lowest BCUT2D eigenvalue weighted by molar-refractivity contribution is 0.347. The van der Waals surface area contributed by atoms with Gasteiger partial charge in [0.05, 0.1) is 0 Å². The first-order valence-corrected chi connectivity index (χ1v) is 7.25. The molecule has 0 aromatic heterocycles. The van der Waals surface area contributed by atoms with Gasteiger partial charge in [-0.2, -0.15) is 0 Å². The van der Waals surface area contributed by atoms with Gasteiger partial charge in [0.15, 0.2) is 0 Å². The van der Waals surface area contributed by atoms with Gasteiger partial charge in [0, 0.05) is 19.6 Å². The van der Waals surface area contributed by atoms with E-state index in [0.717, 1.165) is 18.4 Å². The van der Waals surface area contributed by atoms with Crippen LogP contribution in [-0.4, -0.2) is 24.5 Å². The molecule has 0 saturated carbocycles. The predicted octanol–water partition coefficient (Wildman–Crippen LogP) is 4.27. The van der Waals surface area contributed by atoms with Gasteiger partial charge in [0.2, 0.25) is 0 Å². The van der Waals surface area contributed by atoms with Crippen molar-refractivity contribution in [1.82, 2.24) is 4.90 Å². The quantitative estimate of drug-likeness (QED) is 0.622. The van der Waals surface area contributed by atoms with Crippen LogP contribution < -0.4 is 0 Å². The molecule has 1 heterocycles. The molecule has 2 unspecified atom stereocenters. The molecule has 0 radical (unpaired) electrons. The maximum Gasteiger partial charge on any atom is 0.0230 e. The molecule has 1 aliphatic heterocycles. The van der Waals surface area contributed by atoms with Crippen molar-refractivity contribution in [3.8, 4) is 0 Å². The van der Waals surface area contributed by atoms with Crippen molar-refractivity contribution in [3.63, 3.8) is 0 Å². The smallest absolute Gasteiger partial charge is 0.0230 e. The zero-order valence-corrected chi connectivity index (χ0v) is 12.1. The molecule has 17 heavy (non-hydrogen) atoms. The number of nitrogens with zero attached hydrogens (tertiary/aromatic N) is 1. The highest BCUT2D eigenvalue weighted by molar-refractivity contribution is 5.19. The van der Waals surface area contributed by atoms with Crippen LogP contribution in [0.1, 0.15) is 47.0 Å². The predicted molar refractivity (Wildman–Crippen MR) is 77.2 cm³/mol. The van der Waals surface area contributed by atoms with Crippen LogP contribution in [0.4, 0.5) is 0 Å². The molecule has 1 heteroatoms. The van der Waals surface area contributed by atoms with Crippen LogP contribution in [-0.2, 0) is 0 Å². The molecule has 0 N–H and O–H groups in total. The Balaban J connectivity index is 2.52. The van der Waals surface area contributed by atoms with E-state index in [1.165, 1.54) is 37.9 Å². The number of allylic oxidation sites excluding steroid dienone is 2. The minimum atomic E-state index is 0.929. The highest BCUT2D eigenvalue weighted by Gasteiger charge is 2.30. The number of hydrogen-bond donors (Lipinski definition) is 0. The van der Waals surface area contributed by atoms with Crippen molar-refractivity contribution < 1.29 is 0 Å². The van der Waals surface area contributed by atoms with Crippen molar-refractivity contribution >= 4 is 0 Å². The highest BCUT2D eigenvalue weighted by atomic mass is 15.2. The Morgan fingerprint density at radius 3 is 2.41 bits per heavy atom. The topological polar surface area (TPSA) is 3.24 Å². The Labute approximate surface area is 108 Å². The molecule has 0 spiro atoms. The van der Waals surface area contributed by atoms with Crippen LogP contribution in [0.25, 0.3) is 0 Å². The molecule has 0 aliphatic carbocycles. The average Bonchev–Trinajstić information content (AvgIpc) is 2.71. The first-order chi connectivity index (χ1) is 8.24. The van der Waals surface area contributed by atoms with E-state index in [1.807, 2.05) is 0 Å². The van der Waals surface area contributed by atoms with E-state index < -0.39 is 0 Å². The average molecular weight is 235 g/mol. The second-order valence-electron chi connectivity index (χ2n) is 5.27. The van der Waals surface area contributed by atoms with E-state index in [9.17, 15) is 0 Å². The SMILES string of the molecule is C/C=C\C(=C/C)CN1CC(CC)C(CCC)C1. The van der Waals surface area contributed by atoms with Gasteiger partial charge < -0.3 is 0 Å². The van der Waals surface area contributed by atoms with Crippen molar-refractivity contribution in [2.75, 3.05) is 19.6 Å². The lowest BCUT2D eigenvalue weighted by atomic mass is 9.90. The van der Waals surface area contributed by atoms with E-state index in [4.69, 9.17) is 0 Å². The first kappa shape index (κ1) is 14.5. The van der Waals surface area contributed by atoms with E-state index in [1.54, 1.807) is 0 Å². The summed E-state index contributed by atoms with van der Waals surface area (Å²) in [4.78, 5) is 2.64.